The highest BCUT2D eigenvalue weighted by molar-refractivity contribution is 5.10. The maximum atomic E-state index is 5.66. The van der Waals surface area contributed by atoms with Crippen LogP contribution < -0.4 is 11.3 Å². The van der Waals surface area contributed by atoms with Gasteiger partial charge in [-0.25, -0.2) is 0 Å². The molecule has 0 bridgehead atoms. The second-order valence-corrected chi connectivity index (χ2v) is 5.85. The van der Waals surface area contributed by atoms with E-state index in [1.807, 2.05) is 10.9 Å². The first kappa shape index (κ1) is 14.2. The monoisotopic (exact) mass is 238 g/mol. The third-order valence-corrected chi connectivity index (χ3v) is 3.65. The molecule has 0 saturated heterocycles. The lowest BCUT2D eigenvalue weighted by molar-refractivity contribution is 0.223. The Labute approximate surface area is 105 Å². The molecular weight excluding hydrogens is 212 g/mol. The van der Waals surface area contributed by atoms with Gasteiger partial charge in [-0.1, -0.05) is 27.7 Å². The number of hydrogen-bond donors (Lipinski definition) is 2. The average Bonchev–Trinajstić information content (AvgIpc) is 2.72. The van der Waals surface area contributed by atoms with Crippen molar-refractivity contribution in [3.8, 4) is 0 Å². The molecule has 4 nitrogen and oxygen atoms in total. The predicted octanol–water partition coefficient (Wildman–Crippen LogP) is 2.48. The highest BCUT2D eigenvalue weighted by Gasteiger charge is 2.24. The molecule has 0 spiro atoms. The lowest BCUT2D eigenvalue weighted by atomic mass is 9.78. The molecular formula is C13H26N4. The lowest BCUT2D eigenvalue weighted by Gasteiger charge is -2.30. The van der Waals surface area contributed by atoms with Gasteiger partial charge in [0.15, 0.2) is 0 Å². The van der Waals surface area contributed by atoms with Crippen LogP contribution in [0.4, 0.5) is 0 Å². The molecule has 0 fully saturated rings. The third-order valence-electron chi connectivity index (χ3n) is 3.65. The highest BCUT2D eigenvalue weighted by atomic mass is 15.3. The summed E-state index contributed by atoms with van der Waals surface area (Å²) in [6, 6.07) is 0.185. The molecule has 3 N–H and O–H groups in total. The van der Waals surface area contributed by atoms with Gasteiger partial charge in [-0.15, -0.1) is 0 Å². The van der Waals surface area contributed by atoms with Crippen LogP contribution in [0.2, 0.25) is 0 Å². The number of aromatic nitrogens is 2. The SMILES string of the molecule is CCn1cc(C(CC(C)C(C)(C)C)NN)cn1. The van der Waals surface area contributed by atoms with Crippen LogP contribution in [0.15, 0.2) is 12.4 Å². The van der Waals surface area contributed by atoms with Crippen LogP contribution in [0.25, 0.3) is 0 Å². The molecule has 0 saturated carbocycles. The van der Waals surface area contributed by atoms with Gasteiger partial charge in [-0.2, -0.15) is 5.10 Å². The molecule has 2 unspecified atom stereocenters. The van der Waals surface area contributed by atoms with Gasteiger partial charge >= 0.3 is 0 Å². The Morgan fingerprint density at radius 1 is 1.47 bits per heavy atom. The summed E-state index contributed by atoms with van der Waals surface area (Å²) in [6.45, 7) is 12.0. The molecule has 1 aromatic heterocycles. The highest BCUT2D eigenvalue weighted by Crippen LogP contribution is 2.32. The fourth-order valence-corrected chi connectivity index (χ4v) is 1.74. The Hall–Kier alpha value is -0.870. The summed E-state index contributed by atoms with van der Waals surface area (Å²) in [5, 5.41) is 4.29. The number of nitrogens with one attached hydrogen (secondary N) is 1. The van der Waals surface area contributed by atoms with Crippen molar-refractivity contribution in [2.75, 3.05) is 0 Å². The van der Waals surface area contributed by atoms with Crippen LogP contribution in [0.3, 0.4) is 0 Å². The Morgan fingerprint density at radius 2 is 2.12 bits per heavy atom. The van der Waals surface area contributed by atoms with Crippen LogP contribution >= 0.6 is 0 Å². The molecule has 0 radical (unpaired) electrons. The second kappa shape index (κ2) is 5.65. The maximum Gasteiger partial charge on any atom is 0.0538 e. The van der Waals surface area contributed by atoms with E-state index in [1.165, 1.54) is 5.56 Å². The van der Waals surface area contributed by atoms with Gasteiger partial charge in [0.2, 0.25) is 0 Å². The van der Waals surface area contributed by atoms with Crippen LogP contribution in [0.1, 0.15) is 52.6 Å². The minimum absolute atomic E-state index is 0.185. The van der Waals surface area contributed by atoms with Crippen molar-refractivity contribution >= 4 is 0 Å². The van der Waals surface area contributed by atoms with Crippen molar-refractivity contribution in [3.63, 3.8) is 0 Å². The van der Waals surface area contributed by atoms with E-state index in [2.05, 4.69) is 51.3 Å². The zero-order chi connectivity index (χ0) is 13.1. The summed E-state index contributed by atoms with van der Waals surface area (Å²) < 4.78 is 1.93. The normalized spacial score (nSPS) is 15.9. The third kappa shape index (κ3) is 3.82. The fraction of sp³-hybridized carbons (Fsp3) is 0.769. The van der Waals surface area contributed by atoms with Gasteiger partial charge < -0.3 is 0 Å². The molecule has 0 aliphatic rings. The lowest BCUT2D eigenvalue weighted by Crippen LogP contribution is -2.31. The van der Waals surface area contributed by atoms with Crippen LogP contribution in [-0.2, 0) is 6.54 Å². The van der Waals surface area contributed by atoms with Crippen molar-refractivity contribution in [2.24, 2.45) is 17.2 Å². The summed E-state index contributed by atoms with van der Waals surface area (Å²) in [7, 11) is 0. The largest absolute Gasteiger partial charge is 0.273 e. The maximum absolute atomic E-state index is 5.66. The molecule has 98 valence electrons. The van der Waals surface area contributed by atoms with E-state index in [0.717, 1.165) is 13.0 Å². The zero-order valence-corrected chi connectivity index (χ0v) is 11.7. The van der Waals surface area contributed by atoms with Crippen molar-refractivity contribution < 1.29 is 0 Å². The molecule has 17 heavy (non-hydrogen) atoms. The Bertz CT molecular complexity index is 337. The van der Waals surface area contributed by atoms with Crippen LogP contribution in [0.5, 0.6) is 0 Å². The van der Waals surface area contributed by atoms with E-state index >= 15 is 0 Å². The van der Waals surface area contributed by atoms with E-state index in [9.17, 15) is 0 Å². The summed E-state index contributed by atoms with van der Waals surface area (Å²) in [4.78, 5) is 0. The summed E-state index contributed by atoms with van der Waals surface area (Å²) >= 11 is 0. The van der Waals surface area contributed by atoms with Crippen LogP contribution in [0, 0.1) is 11.3 Å². The van der Waals surface area contributed by atoms with Gasteiger partial charge in [0.05, 0.1) is 6.20 Å². The van der Waals surface area contributed by atoms with E-state index in [4.69, 9.17) is 5.84 Å². The van der Waals surface area contributed by atoms with E-state index in [1.54, 1.807) is 0 Å². The molecule has 1 aromatic rings. The van der Waals surface area contributed by atoms with E-state index in [0.29, 0.717) is 11.3 Å². The predicted molar refractivity (Wildman–Crippen MR) is 71.2 cm³/mol. The van der Waals surface area contributed by atoms with Gasteiger partial charge in [0.1, 0.15) is 0 Å². The van der Waals surface area contributed by atoms with Crippen molar-refractivity contribution in [3.05, 3.63) is 18.0 Å². The molecule has 0 amide bonds. The van der Waals surface area contributed by atoms with E-state index in [-0.39, 0.29) is 6.04 Å². The number of hydrazine groups is 1. The summed E-state index contributed by atoms with van der Waals surface area (Å²) in [6.07, 6.45) is 5.00. The van der Waals surface area contributed by atoms with Crippen molar-refractivity contribution in [1.29, 1.82) is 0 Å². The molecule has 1 heterocycles. The zero-order valence-electron chi connectivity index (χ0n) is 11.7. The molecule has 4 heteroatoms. The first-order chi connectivity index (χ1) is 7.88. The van der Waals surface area contributed by atoms with Gasteiger partial charge in [-0.3, -0.25) is 16.0 Å². The first-order valence-corrected chi connectivity index (χ1v) is 6.37. The molecule has 1 rings (SSSR count). The minimum atomic E-state index is 0.185. The molecule has 0 aromatic carbocycles. The van der Waals surface area contributed by atoms with Gasteiger partial charge in [0.25, 0.3) is 0 Å². The van der Waals surface area contributed by atoms with E-state index < -0.39 is 0 Å². The average molecular weight is 238 g/mol. The number of hydrogen-bond acceptors (Lipinski definition) is 3. The van der Waals surface area contributed by atoms with Crippen molar-refractivity contribution in [2.45, 2.75) is 53.6 Å². The van der Waals surface area contributed by atoms with Gasteiger partial charge in [0, 0.05) is 24.3 Å². The molecule has 2 atom stereocenters. The topological polar surface area (TPSA) is 55.9 Å². The number of nitrogens with zero attached hydrogens (tertiary/aromatic N) is 2. The molecule has 0 aliphatic carbocycles. The van der Waals surface area contributed by atoms with Gasteiger partial charge in [-0.05, 0) is 24.7 Å². The Morgan fingerprint density at radius 3 is 2.53 bits per heavy atom. The summed E-state index contributed by atoms with van der Waals surface area (Å²) in [5.41, 5.74) is 4.38. The smallest absolute Gasteiger partial charge is 0.0538 e. The van der Waals surface area contributed by atoms with Crippen LogP contribution in [-0.4, -0.2) is 9.78 Å². The number of rotatable bonds is 5. The molecule has 0 aliphatic heterocycles. The quantitative estimate of drug-likeness (QED) is 0.612. The Kier molecular flexibility index (Phi) is 4.71. The first-order valence-electron chi connectivity index (χ1n) is 6.37. The van der Waals surface area contributed by atoms with Crippen molar-refractivity contribution in [1.82, 2.24) is 15.2 Å². The number of nitrogens with two attached hydrogens (primary N) is 1. The Balaban J connectivity index is 2.72. The second-order valence-electron chi connectivity index (χ2n) is 5.85. The number of aryl methyl sites for hydroxylation is 1. The standard InChI is InChI=1S/C13H26N4/c1-6-17-9-11(8-15-17)12(16-14)7-10(2)13(3,4)5/h8-10,12,16H,6-7,14H2,1-5H3. The fourth-order valence-electron chi connectivity index (χ4n) is 1.74. The minimum Gasteiger partial charge on any atom is -0.273 e. The summed E-state index contributed by atoms with van der Waals surface area (Å²) in [5.74, 6) is 6.25.